The highest BCUT2D eigenvalue weighted by atomic mass is 35.5. The second kappa shape index (κ2) is 6.74. The van der Waals surface area contributed by atoms with Gasteiger partial charge in [-0.3, -0.25) is 0 Å². The van der Waals surface area contributed by atoms with E-state index >= 15 is 0 Å². The first kappa shape index (κ1) is 16.9. The number of halogens is 2. The van der Waals surface area contributed by atoms with Gasteiger partial charge in [-0.05, 0) is 52.2 Å². The lowest BCUT2D eigenvalue weighted by Gasteiger charge is -2.24. The first-order valence-corrected chi connectivity index (χ1v) is 8.09. The van der Waals surface area contributed by atoms with Crippen LogP contribution in [0.2, 0.25) is 10.0 Å². The molecule has 0 aliphatic heterocycles. The minimum absolute atomic E-state index is 0.0149. The molecule has 1 aliphatic carbocycles. The Morgan fingerprint density at radius 2 is 2.00 bits per heavy atom. The van der Waals surface area contributed by atoms with E-state index in [2.05, 4.69) is 26.1 Å². The Hall–Kier alpha value is -0.480. The van der Waals surface area contributed by atoms with Gasteiger partial charge >= 0.3 is 0 Å². The zero-order valence-electron chi connectivity index (χ0n) is 12.7. The highest BCUT2D eigenvalue weighted by Gasteiger charge is 2.28. The molecule has 1 aromatic rings. The van der Waals surface area contributed by atoms with E-state index in [0.717, 1.165) is 24.8 Å². The zero-order chi connectivity index (χ0) is 15.6. The third-order valence-corrected chi connectivity index (χ3v) is 4.08. The fourth-order valence-corrected chi connectivity index (χ4v) is 3.01. The highest BCUT2D eigenvalue weighted by Crippen LogP contribution is 2.35. The van der Waals surface area contributed by atoms with Crippen LogP contribution in [0.5, 0.6) is 5.75 Å². The fraction of sp³-hybridized carbons (Fsp3) is 0.625. The average molecular weight is 332 g/mol. The number of rotatable bonds is 4. The smallest absolute Gasteiger partial charge is 0.143 e. The van der Waals surface area contributed by atoms with E-state index in [-0.39, 0.29) is 11.6 Å². The van der Waals surface area contributed by atoms with E-state index in [1.807, 2.05) is 6.07 Å². The van der Waals surface area contributed by atoms with Crippen molar-refractivity contribution >= 4 is 23.2 Å². The van der Waals surface area contributed by atoms with Crippen molar-refractivity contribution in [3.63, 3.8) is 0 Å². The predicted octanol–water partition coefficient (Wildman–Crippen LogP) is 4.17. The van der Waals surface area contributed by atoms with Gasteiger partial charge in [-0.15, -0.1) is 0 Å². The van der Waals surface area contributed by atoms with Crippen LogP contribution >= 0.6 is 23.2 Å². The fourth-order valence-electron chi connectivity index (χ4n) is 2.43. The van der Waals surface area contributed by atoms with E-state index in [9.17, 15) is 5.11 Å². The summed E-state index contributed by atoms with van der Waals surface area (Å²) in [6.45, 7) is 6.91. The number of aliphatic hydroxyl groups excluding tert-OH is 1. The molecule has 118 valence electrons. The van der Waals surface area contributed by atoms with Crippen LogP contribution in [0.1, 0.15) is 45.6 Å². The summed E-state index contributed by atoms with van der Waals surface area (Å²) in [4.78, 5) is 0. The summed E-state index contributed by atoms with van der Waals surface area (Å²) in [5.41, 5.74) is 0.903. The maximum absolute atomic E-state index is 9.94. The summed E-state index contributed by atoms with van der Waals surface area (Å²) in [6, 6.07) is 3.54. The van der Waals surface area contributed by atoms with Gasteiger partial charge < -0.3 is 15.2 Å². The molecule has 2 atom stereocenters. The Labute approximate surface area is 136 Å². The third-order valence-electron chi connectivity index (χ3n) is 3.58. The lowest BCUT2D eigenvalue weighted by Crippen LogP contribution is -2.35. The van der Waals surface area contributed by atoms with Crippen LogP contribution in [-0.4, -0.2) is 22.9 Å². The van der Waals surface area contributed by atoms with E-state index < -0.39 is 6.10 Å². The molecule has 5 heteroatoms. The van der Waals surface area contributed by atoms with E-state index in [1.54, 1.807) is 6.07 Å². The number of hydrogen-bond donors (Lipinski definition) is 2. The monoisotopic (exact) mass is 331 g/mol. The Kier molecular flexibility index (Phi) is 5.42. The van der Waals surface area contributed by atoms with Gasteiger partial charge in [0, 0.05) is 22.7 Å². The largest absolute Gasteiger partial charge is 0.486 e. The molecule has 1 saturated carbocycles. The molecule has 1 fully saturated rings. The van der Waals surface area contributed by atoms with Gasteiger partial charge in [-0.2, -0.15) is 0 Å². The van der Waals surface area contributed by atoms with Gasteiger partial charge in [-0.25, -0.2) is 0 Å². The molecule has 3 nitrogen and oxygen atoms in total. The molecule has 0 spiro atoms. The Bertz CT molecular complexity index is 500. The van der Waals surface area contributed by atoms with Crippen molar-refractivity contribution in [2.24, 2.45) is 0 Å². The van der Waals surface area contributed by atoms with Gasteiger partial charge in [0.1, 0.15) is 11.9 Å². The van der Waals surface area contributed by atoms with Crippen LogP contribution < -0.4 is 10.1 Å². The maximum Gasteiger partial charge on any atom is 0.143 e. The number of hydrogen-bond acceptors (Lipinski definition) is 3. The predicted molar refractivity (Wildman–Crippen MR) is 87.3 cm³/mol. The second-order valence-electron chi connectivity index (χ2n) is 6.63. The van der Waals surface area contributed by atoms with Gasteiger partial charge in [0.25, 0.3) is 0 Å². The molecule has 1 aliphatic rings. The number of aliphatic hydroxyl groups is 1. The van der Waals surface area contributed by atoms with Crippen molar-refractivity contribution in [2.75, 3.05) is 0 Å². The summed E-state index contributed by atoms with van der Waals surface area (Å²) < 4.78 is 5.99. The molecular formula is C16H23Cl2NO2. The van der Waals surface area contributed by atoms with Crippen LogP contribution in [0, 0.1) is 0 Å². The van der Waals surface area contributed by atoms with Crippen LogP contribution in [0.4, 0.5) is 0 Å². The van der Waals surface area contributed by atoms with Gasteiger partial charge in [0.2, 0.25) is 0 Å². The first-order chi connectivity index (χ1) is 9.76. The number of nitrogens with one attached hydrogen (secondary N) is 1. The Morgan fingerprint density at radius 3 is 2.57 bits per heavy atom. The molecule has 2 unspecified atom stereocenters. The van der Waals surface area contributed by atoms with Crippen LogP contribution in [0.15, 0.2) is 12.1 Å². The van der Waals surface area contributed by atoms with E-state index in [0.29, 0.717) is 22.3 Å². The molecule has 0 bridgehead atoms. The van der Waals surface area contributed by atoms with Crippen molar-refractivity contribution < 1.29 is 9.84 Å². The number of benzene rings is 1. The van der Waals surface area contributed by atoms with Crippen molar-refractivity contribution in [3.8, 4) is 5.75 Å². The molecule has 0 aromatic heterocycles. The maximum atomic E-state index is 9.94. The van der Waals surface area contributed by atoms with Crippen molar-refractivity contribution in [1.82, 2.24) is 5.32 Å². The summed E-state index contributed by atoms with van der Waals surface area (Å²) in [5, 5.41) is 14.4. The van der Waals surface area contributed by atoms with Gasteiger partial charge in [0.05, 0.1) is 11.1 Å². The van der Waals surface area contributed by atoms with Crippen LogP contribution in [0.25, 0.3) is 0 Å². The van der Waals surface area contributed by atoms with E-state index in [4.69, 9.17) is 27.9 Å². The van der Waals surface area contributed by atoms with Crippen molar-refractivity contribution in [1.29, 1.82) is 0 Å². The molecule has 0 heterocycles. The average Bonchev–Trinajstić information content (AvgIpc) is 2.75. The lowest BCUT2D eigenvalue weighted by atomic mass is 10.1. The molecule has 2 rings (SSSR count). The first-order valence-electron chi connectivity index (χ1n) is 7.34. The quantitative estimate of drug-likeness (QED) is 0.869. The highest BCUT2D eigenvalue weighted by molar-refractivity contribution is 6.35. The Morgan fingerprint density at radius 1 is 1.29 bits per heavy atom. The topological polar surface area (TPSA) is 41.5 Å². The molecule has 0 radical (unpaired) electrons. The molecule has 21 heavy (non-hydrogen) atoms. The SMILES string of the molecule is CC(C)(C)NCc1cc(Cl)cc(Cl)c1OC1CCCC1O. The standard InChI is InChI=1S/C16H23Cl2NO2/c1-16(2,3)19-9-10-7-11(17)8-12(18)15(10)21-14-6-4-5-13(14)20/h7-8,13-14,19-20H,4-6,9H2,1-3H3. The summed E-state index contributed by atoms with van der Waals surface area (Å²) >= 11 is 12.4. The summed E-state index contributed by atoms with van der Waals surface area (Å²) in [5.74, 6) is 0.628. The minimum atomic E-state index is -0.417. The minimum Gasteiger partial charge on any atom is -0.486 e. The molecule has 0 amide bonds. The molecular weight excluding hydrogens is 309 g/mol. The molecule has 1 aromatic carbocycles. The van der Waals surface area contributed by atoms with Crippen molar-refractivity contribution in [2.45, 2.75) is 64.3 Å². The Balaban J connectivity index is 2.21. The second-order valence-corrected chi connectivity index (χ2v) is 7.48. The third kappa shape index (κ3) is 4.75. The van der Waals surface area contributed by atoms with Gasteiger partial charge in [0.15, 0.2) is 0 Å². The summed E-state index contributed by atoms with van der Waals surface area (Å²) in [6.07, 6.45) is 2.02. The lowest BCUT2D eigenvalue weighted by molar-refractivity contribution is 0.0597. The van der Waals surface area contributed by atoms with Crippen molar-refractivity contribution in [3.05, 3.63) is 27.7 Å². The number of ether oxygens (including phenoxy) is 1. The molecule has 0 saturated heterocycles. The van der Waals surface area contributed by atoms with Gasteiger partial charge in [-0.1, -0.05) is 23.2 Å². The van der Waals surface area contributed by atoms with E-state index in [1.165, 1.54) is 0 Å². The van der Waals surface area contributed by atoms with Crippen LogP contribution in [-0.2, 0) is 6.54 Å². The summed E-state index contributed by atoms with van der Waals surface area (Å²) in [7, 11) is 0. The van der Waals surface area contributed by atoms with Crippen LogP contribution in [0.3, 0.4) is 0 Å². The normalized spacial score (nSPS) is 22.6. The zero-order valence-corrected chi connectivity index (χ0v) is 14.3. The molecule has 2 N–H and O–H groups in total.